The van der Waals surface area contributed by atoms with Gasteiger partial charge in [0, 0.05) is 56.3 Å². The van der Waals surface area contributed by atoms with Crippen molar-refractivity contribution in [1.29, 1.82) is 0 Å². The van der Waals surface area contributed by atoms with Gasteiger partial charge in [0.15, 0.2) is 5.65 Å². The number of quaternary nitrogens is 1. The molecule has 1 saturated heterocycles. The van der Waals surface area contributed by atoms with E-state index < -0.39 is 0 Å². The molecular formula is C27H36N7O2+. The highest BCUT2D eigenvalue weighted by Crippen LogP contribution is 2.38. The van der Waals surface area contributed by atoms with Crippen molar-refractivity contribution in [3.05, 3.63) is 54.2 Å². The van der Waals surface area contributed by atoms with E-state index in [0.717, 1.165) is 61.4 Å². The maximum absolute atomic E-state index is 12.8. The van der Waals surface area contributed by atoms with Gasteiger partial charge in [0.05, 0.1) is 13.2 Å². The number of hydrogen-bond acceptors (Lipinski definition) is 7. The Labute approximate surface area is 212 Å². The molecule has 0 radical (unpaired) electrons. The van der Waals surface area contributed by atoms with Gasteiger partial charge in [0.1, 0.15) is 11.7 Å². The van der Waals surface area contributed by atoms with Crippen LogP contribution in [0.4, 0.5) is 17.6 Å². The van der Waals surface area contributed by atoms with Crippen LogP contribution < -0.4 is 15.1 Å². The maximum Gasteiger partial charge on any atom is 0.343 e. The van der Waals surface area contributed by atoms with Crippen molar-refractivity contribution in [2.75, 3.05) is 30.9 Å². The number of nitrogens with one attached hydrogen (secondary N) is 2. The van der Waals surface area contributed by atoms with Gasteiger partial charge in [-0.15, -0.1) is 0 Å². The summed E-state index contributed by atoms with van der Waals surface area (Å²) in [6.07, 6.45) is 7.29. The first-order valence-corrected chi connectivity index (χ1v) is 12.9. The van der Waals surface area contributed by atoms with Gasteiger partial charge in [-0.25, -0.2) is 9.28 Å². The van der Waals surface area contributed by atoms with Gasteiger partial charge in [-0.05, 0) is 30.4 Å². The Hall–Kier alpha value is -3.30. The van der Waals surface area contributed by atoms with Crippen LogP contribution in [0.5, 0.6) is 0 Å². The first-order valence-electron chi connectivity index (χ1n) is 12.9. The molecular weight excluding hydrogens is 454 g/mol. The molecule has 1 aliphatic heterocycles. The largest absolute Gasteiger partial charge is 0.381 e. The highest BCUT2D eigenvalue weighted by molar-refractivity contribution is 5.97. The topological polar surface area (TPSA) is 93.4 Å². The highest BCUT2D eigenvalue weighted by atomic mass is 16.5. The molecule has 1 atom stereocenters. The smallest absolute Gasteiger partial charge is 0.343 e. The van der Waals surface area contributed by atoms with Crippen molar-refractivity contribution in [2.45, 2.75) is 64.1 Å². The molecule has 2 N–H and O–H groups in total. The minimum atomic E-state index is 0.0294. The van der Waals surface area contributed by atoms with Crippen molar-refractivity contribution in [3.8, 4) is 0 Å². The molecule has 190 valence electrons. The second-order valence-electron chi connectivity index (χ2n) is 10.3. The number of carbonyl (C=O) groups excluding carboxylic acids is 1. The Morgan fingerprint density at radius 3 is 2.72 bits per heavy atom. The molecule has 0 bridgehead atoms. The average molecular weight is 491 g/mol. The number of nitrogens with zero attached hydrogens (tertiary/aromatic N) is 5. The zero-order valence-corrected chi connectivity index (χ0v) is 21.4. The summed E-state index contributed by atoms with van der Waals surface area (Å²) in [6, 6.07) is 8.82. The first-order chi connectivity index (χ1) is 17.4. The van der Waals surface area contributed by atoms with Gasteiger partial charge in [0.2, 0.25) is 11.9 Å². The third-order valence-electron chi connectivity index (χ3n) is 7.38. The van der Waals surface area contributed by atoms with E-state index in [1.54, 1.807) is 4.52 Å². The van der Waals surface area contributed by atoms with Gasteiger partial charge in [-0.3, -0.25) is 0 Å². The van der Waals surface area contributed by atoms with Crippen LogP contribution in [0.1, 0.15) is 56.6 Å². The molecule has 1 amide bonds. The van der Waals surface area contributed by atoms with Crippen LogP contribution in [0, 0.1) is 0 Å². The molecule has 1 aliphatic carbocycles. The summed E-state index contributed by atoms with van der Waals surface area (Å²) >= 11 is 0. The lowest BCUT2D eigenvalue weighted by Gasteiger charge is -2.30. The fraction of sp³-hybridized carbons (Fsp3) is 0.481. The molecule has 1 aromatic carbocycles. The summed E-state index contributed by atoms with van der Waals surface area (Å²) < 4.78 is 7.54. The summed E-state index contributed by atoms with van der Waals surface area (Å²) in [5, 5.41) is 11.6. The monoisotopic (exact) mass is 490 g/mol. The van der Waals surface area contributed by atoms with Crippen molar-refractivity contribution < 1.29 is 9.53 Å². The van der Waals surface area contributed by atoms with Gasteiger partial charge < -0.3 is 15.4 Å². The Morgan fingerprint density at radius 2 is 2.03 bits per heavy atom. The van der Waals surface area contributed by atoms with Gasteiger partial charge in [-0.2, -0.15) is 19.6 Å². The van der Waals surface area contributed by atoms with Crippen LogP contribution in [-0.4, -0.2) is 57.8 Å². The fourth-order valence-electron chi connectivity index (χ4n) is 4.94. The highest BCUT2D eigenvalue weighted by Gasteiger charge is 2.47. The van der Waals surface area contributed by atoms with Crippen LogP contribution in [0.25, 0.3) is 5.65 Å². The second kappa shape index (κ2) is 9.99. The molecule has 0 spiro atoms. The molecule has 2 aliphatic rings. The van der Waals surface area contributed by atoms with Gasteiger partial charge in [0.25, 0.3) is 0 Å². The number of aromatic nitrogens is 4. The van der Waals surface area contributed by atoms with Gasteiger partial charge >= 0.3 is 5.91 Å². The molecule has 3 aromatic rings. The number of benzene rings is 1. The van der Waals surface area contributed by atoms with Crippen LogP contribution >= 0.6 is 0 Å². The second-order valence-corrected chi connectivity index (χ2v) is 10.3. The van der Waals surface area contributed by atoms with Crippen LogP contribution in [0.2, 0.25) is 0 Å². The molecule has 1 unspecified atom stereocenters. The number of ether oxygens (including phenoxy) is 1. The molecule has 3 heterocycles. The zero-order valence-electron chi connectivity index (χ0n) is 21.4. The van der Waals surface area contributed by atoms with E-state index >= 15 is 0 Å². The van der Waals surface area contributed by atoms with Crippen LogP contribution in [0.15, 0.2) is 43.1 Å². The van der Waals surface area contributed by atoms with Crippen molar-refractivity contribution in [1.82, 2.24) is 24.1 Å². The number of likely N-dealkylation sites (N-methyl/N-ethyl adjacent to an activating group) is 1. The molecule has 9 nitrogen and oxygen atoms in total. The molecule has 1 saturated carbocycles. The number of amides is 1. The van der Waals surface area contributed by atoms with Crippen LogP contribution in [-0.2, 0) is 16.1 Å². The number of fused-ring (bicyclic) bond motifs is 1. The lowest BCUT2D eigenvalue weighted by atomic mass is 10.1. The SMILES string of the molecule is C=CC(=O)[N+](C)(c1cccc(CNc2nc(NC3CCOCC3)nc3c(C(C)C)cnn23)c1)C1CC1. The summed E-state index contributed by atoms with van der Waals surface area (Å²) in [5.74, 6) is 1.55. The lowest BCUT2D eigenvalue weighted by Crippen LogP contribution is -2.51. The number of rotatable bonds is 9. The Balaban J connectivity index is 1.42. The number of hydrogen-bond donors (Lipinski definition) is 2. The van der Waals surface area contributed by atoms with Gasteiger partial charge in [-0.1, -0.05) is 32.6 Å². The molecule has 2 aromatic heterocycles. The minimum Gasteiger partial charge on any atom is -0.381 e. The average Bonchev–Trinajstić information content (AvgIpc) is 3.66. The lowest BCUT2D eigenvalue weighted by molar-refractivity contribution is -0.124. The van der Waals surface area contributed by atoms with E-state index in [2.05, 4.69) is 48.3 Å². The molecule has 36 heavy (non-hydrogen) atoms. The quantitative estimate of drug-likeness (QED) is 0.342. The zero-order chi connectivity index (χ0) is 25.3. The maximum atomic E-state index is 12.8. The number of anilines is 2. The minimum absolute atomic E-state index is 0.0294. The van der Waals surface area contributed by atoms with E-state index in [4.69, 9.17) is 14.7 Å². The van der Waals surface area contributed by atoms with Crippen molar-refractivity contribution in [2.24, 2.45) is 0 Å². The summed E-state index contributed by atoms with van der Waals surface area (Å²) in [4.78, 5) is 22.4. The standard InChI is InChI=1S/C27H36N7O2/c1-5-24(35)34(4,21-9-10-21)22-8-6-7-19(15-22)16-28-27-32-26(30-20-11-13-36-14-12-20)31-25-23(18(2)3)17-29-33(25)27/h5-8,15,17-18,20-21H,1,9-14,16H2,2-4H3,(H2,28,30,31,32)/q+1. The summed E-state index contributed by atoms with van der Waals surface area (Å²) in [7, 11) is 1.99. The van der Waals surface area contributed by atoms with E-state index in [1.165, 1.54) is 6.08 Å². The fourth-order valence-corrected chi connectivity index (χ4v) is 4.94. The predicted octanol–water partition coefficient (Wildman–Crippen LogP) is 4.26. The normalized spacial score (nSPS) is 18.2. The first kappa shape index (κ1) is 24.4. The third kappa shape index (κ3) is 4.73. The Kier molecular flexibility index (Phi) is 6.77. The Bertz CT molecular complexity index is 1260. The van der Waals surface area contributed by atoms with Crippen molar-refractivity contribution in [3.63, 3.8) is 0 Å². The summed E-state index contributed by atoms with van der Waals surface area (Å²) in [6.45, 7) is 10.1. The van der Waals surface area contributed by atoms with E-state index in [9.17, 15) is 4.79 Å². The molecule has 5 rings (SSSR count). The van der Waals surface area contributed by atoms with E-state index in [-0.39, 0.29) is 22.3 Å². The van der Waals surface area contributed by atoms with Crippen LogP contribution in [0.3, 0.4) is 0 Å². The van der Waals surface area contributed by atoms with E-state index in [1.807, 2.05) is 25.4 Å². The Morgan fingerprint density at radius 1 is 1.25 bits per heavy atom. The predicted molar refractivity (Wildman–Crippen MR) is 142 cm³/mol. The summed E-state index contributed by atoms with van der Waals surface area (Å²) in [5.41, 5.74) is 3.94. The number of carbonyl (C=O) groups is 1. The van der Waals surface area contributed by atoms with Crippen molar-refractivity contribution >= 4 is 29.1 Å². The molecule has 2 fully saturated rings. The van der Waals surface area contributed by atoms with E-state index in [0.29, 0.717) is 24.5 Å². The third-order valence-corrected chi connectivity index (χ3v) is 7.38. The molecule has 9 heteroatoms.